The maximum absolute atomic E-state index is 11.8. The van der Waals surface area contributed by atoms with E-state index >= 15 is 0 Å². The van der Waals surface area contributed by atoms with Crippen LogP contribution >= 0.6 is 11.6 Å². The zero-order chi connectivity index (χ0) is 16.7. The summed E-state index contributed by atoms with van der Waals surface area (Å²) in [6.07, 6.45) is 0.0819. The largest absolute Gasteiger partial charge is 0.483 e. The Morgan fingerprint density at radius 3 is 2.39 bits per heavy atom. The van der Waals surface area contributed by atoms with Crippen molar-refractivity contribution >= 4 is 23.4 Å². The van der Waals surface area contributed by atoms with Crippen LogP contribution in [0, 0.1) is 6.92 Å². The van der Waals surface area contributed by atoms with Gasteiger partial charge in [-0.15, -0.1) is 0 Å². The molecule has 0 heterocycles. The van der Waals surface area contributed by atoms with E-state index in [2.05, 4.69) is 10.9 Å². The number of hydrazine groups is 1. The number of ether oxygens (including phenoxy) is 1. The summed E-state index contributed by atoms with van der Waals surface area (Å²) in [5.41, 5.74) is 6.26. The van der Waals surface area contributed by atoms with E-state index in [0.29, 0.717) is 16.3 Å². The first kappa shape index (κ1) is 16.8. The Morgan fingerprint density at radius 1 is 1.00 bits per heavy atom. The van der Waals surface area contributed by atoms with Gasteiger partial charge in [0, 0.05) is 5.02 Å². The molecule has 0 bridgehead atoms. The molecule has 2 aromatic carbocycles. The second kappa shape index (κ2) is 8.19. The Labute approximate surface area is 139 Å². The lowest BCUT2D eigenvalue weighted by Gasteiger charge is -2.10. The molecular formula is C17H17ClN2O3. The smallest absolute Gasteiger partial charge is 0.276 e. The van der Waals surface area contributed by atoms with Crippen LogP contribution in [0.1, 0.15) is 11.1 Å². The van der Waals surface area contributed by atoms with Crippen LogP contribution in [0.15, 0.2) is 48.5 Å². The summed E-state index contributed by atoms with van der Waals surface area (Å²) in [7, 11) is 0. The monoisotopic (exact) mass is 332 g/mol. The highest BCUT2D eigenvalue weighted by atomic mass is 35.5. The number of carbonyl (C=O) groups is 2. The van der Waals surface area contributed by atoms with E-state index in [1.807, 2.05) is 25.1 Å². The quantitative estimate of drug-likeness (QED) is 0.826. The molecule has 0 aliphatic rings. The van der Waals surface area contributed by atoms with Crippen molar-refractivity contribution in [2.75, 3.05) is 6.61 Å². The molecule has 0 aliphatic carbocycles. The van der Waals surface area contributed by atoms with Gasteiger partial charge >= 0.3 is 0 Å². The maximum Gasteiger partial charge on any atom is 0.276 e. The van der Waals surface area contributed by atoms with Gasteiger partial charge in [-0.25, -0.2) is 0 Å². The fourth-order valence-electron chi connectivity index (χ4n) is 1.90. The van der Waals surface area contributed by atoms with Gasteiger partial charge in [-0.3, -0.25) is 20.4 Å². The van der Waals surface area contributed by atoms with Gasteiger partial charge in [0.2, 0.25) is 5.91 Å². The number of para-hydroxylation sites is 1. The summed E-state index contributed by atoms with van der Waals surface area (Å²) in [5, 5.41) is 0.511. The zero-order valence-corrected chi connectivity index (χ0v) is 13.4. The van der Waals surface area contributed by atoms with Crippen LogP contribution in [0.4, 0.5) is 0 Å². The lowest BCUT2D eigenvalue weighted by molar-refractivity contribution is -0.129. The van der Waals surface area contributed by atoms with Gasteiger partial charge in [0.05, 0.1) is 6.42 Å². The predicted molar refractivity (Wildman–Crippen MR) is 88.1 cm³/mol. The van der Waals surface area contributed by atoms with E-state index < -0.39 is 5.91 Å². The number of carbonyl (C=O) groups excluding carboxylic acids is 2. The van der Waals surface area contributed by atoms with Crippen LogP contribution in [-0.2, 0) is 16.0 Å². The van der Waals surface area contributed by atoms with Gasteiger partial charge in [-0.05, 0) is 30.2 Å². The number of halogens is 1. The normalized spacial score (nSPS) is 10.0. The molecule has 0 aromatic heterocycles. The Bertz CT molecular complexity index is 704. The van der Waals surface area contributed by atoms with Crippen molar-refractivity contribution in [3.8, 4) is 5.75 Å². The van der Waals surface area contributed by atoms with Crippen molar-refractivity contribution in [2.24, 2.45) is 0 Å². The number of aryl methyl sites for hydroxylation is 1. The van der Waals surface area contributed by atoms with Crippen molar-refractivity contribution in [1.82, 2.24) is 10.9 Å². The molecule has 2 rings (SSSR count). The molecule has 23 heavy (non-hydrogen) atoms. The maximum atomic E-state index is 11.8. The van der Waals surface area contributed by atoms with Gasteiger partial charge in [-0.2, -0.15) is 0 Å². The van der Waals surface area contributed by atoms with Crippen molar-refractivity contribution in [3.63, 3.8) is 0 Å². The number of amides is 2. The molecule has 0 saturated carbocycles. The fraction of sp³-hybridized carbons (Fsp3) is 0.176. The van der Waals surface area contributed by atoms with Crippen LogP contribution in [0.2, 0.25) is 5.02 Å². The van der Waals surface area contributed by atoms with Gasteiger partial charge in [0.1, 0.15) is 5.75 Å². The average Bonchev–Trinajstić information content (AvgIpc) is 2.54. The highest BCUT2D eigenvalue weighted by Gasteiger charge is 2.09. The number of nitrogens with one attached hydrogen (secondary N) is 2. The molecule has 2 aromatic rings. The van der Waals surface area contributed by atoms with Crippen molar-refractivity contribution in [3.05, 3.63) is 64.7 Å². The minimum Gasteiger partial charge on any atom is -0.483 e. The van der Waals surface area contributed by atoms with E-state index in [1.165, 1.54) is 0 Å². The first-order chi connectivity index (χ1) is 11.1. The third kappa shape index (κ3) is 5.30. The Hall–Kier alpha value is -2.53. The van der Waals surface area contributed by atoms with Gasteiger partial charge in [0.15, 0.2) is 6.61 Å². The number of benzene rings is 2. The average molecular weight is 333 g/mol. The second-order valence-corrected chi connectivity index (χ2v) is 5.33. The summed E-state index contributed by atoms with van der Waals surface area (Å²) < 4.78 is 5.38. The summed E-state index contributed by atoms with van der Waals surface area (Å²) in [4.78, 5) is 23.4. The highest BCUT2D eigenvalue weighted by molar-refractivity contribution is 6.31. The molecule has 0 radical (unpaired) electrons. The molecule has 0 atom stereocenters. The zero-order valence-electron chi connectivity index (χ0n) is 12.6. The predicted octanol–water partition coefficient (Wildman–Crippen LogP) is 2.42. The molecule has 0 fully saturated rings. The molecule has 0 saturated heterocycles. The highest BCUT2D eigenvalue weighted by Crippen LogP contribution is 2.16. The third-order valence-electron chi connectivity index (χ3n) is 3.10. The summed E-state index contributed by atoms with van der Waals surface area (Å²) in [5.74, 6) is -0.173. The fourth-order valence-corrected chi connectivity index (χ4v) is 2.10. The number of hydrogen-bond donors (Lipinski definition) is 2. The van der Waals surface area contributed by atoms with Gasteiger partial charge in [-0.1, -0.05) is 48.0 Å². The SMILES string of the molecule is Cc1ccccc1OCC(=O)NNC(=O)Cc1ccccc1Cl. The van der Waals surface area contributed by atoms with Crippen molar-refractivity contribution in [1.29, 1.82) is 0 Å². The van der Waals surface area contributed by atoms with Gasteiger partial charge in [0.25, 0.3) is 5.91 Å². The first-order valence-electron chi connectivity index (χ1n) is 7.06. The van der Waals surface area contributed by atoms with Crippen molar-refractivity contribution in [2.45, 2.75) is 13.3 Å². The van der Waals surface area contributed by atoms with E-state index in [-0.39, 0.29) is 18.9 Å². The van der Waals surface area contributed by atoms with Crippen LogP contribution in [-0.4, -0.2) is 18.4 Å². The van der Waals surface area contributed by atoms with E-state index in [1.54, 1.807) is 30.3 Å². The van der Waals surface area contributed by atoms with E-state index in [0.717, 1.165) is 5.56 Å². The van der Waals surface area contributed by atoms with Crippen molar-refractivity contribution < 1.29 is 14.3 Å². The van der Waals surface area contributed by atoms with Crippen LogP contribution < -0.4 is 15.6 Å². The molecule has 120 valence electrons. The summed E-state index contributed by atoms with van der Waals surface area (Å²) >= 11 is 5.98. The summed E-state index contributed by atoms with van der Waals surface area (Å²) in [6.45, 7) is 1.70. The van der Waals surface area contributed by atoms with Crippen LogP contribution in [0.25, 0.3) is 0 Å². The topological polar surface area (TPSA) is 67.4 Å². The standard InChI is InChI=1S/C17H17ClN2O3/c1-12-6-2-5-9-15(12)23-11-17(22)20-19-16(21)10-13-7-3-4-8-14(13)18/h2-9H,10-11H2,1H3,(H,19,21)(H,20,22). The van der Waals surface area contributed by atoms with Crippen LogP contribution in [0.5, 0.6) is 5.75 Å². The number of hydrogen-bond acceptors (Lipinski definition) is 3. The molecular weight excluding hydrogens is 316 g/mol. The molecule has 2 N–H and O–H groups in total. The van der Waals surface area contributed by atoms with E-state index in [9.17, 15) is 9.59 Å². The summed E-state index contributed by atoms with van der Waals surface area (Å²) in [6, 6.07) is 14.4. The molecule has 0 unspecified atom stereocenters. The minimum atomic E-state index is -0.444. The minimum absolute atomic E-state index is 0.0819. The lowest BCUT2D eigenvalue weighted by Crippen LogP contribution is -2.44. The first-order valence-corrected chi connectivity index (χ1v) is 7.43. The third-order valence-corrected chi connectivity index (χ3v) is 3.47. The molecule has 5 nitrogen and oxygen atoms in total. The molecule has 0 aliphatic heterocycles. The lowest BCUT2D eigenvalue weighted by atomic mass is 10.1. The van der Waals surface area contributed by atoms with Gasteiger partial charge < -0.3 is 4.74 Å². The van der Waals surface area contributed by atoms with Crippen LogP contribution in [0.3, 0.4) is 0 Å². The Kier molecular flexibility index (Phi) is 6.00. The second-order valence-electron chi connectivity index (χ2n) is 4.92. The Balaban J connectivity index is 1.75. The molecule has 0 spiro atoms. The molecule has 6 heteroatoms. The molecule has 2 amide bonds. The van der Waals surface area contributed by atoms with E-state index in [4.69, 9.17) is 16.3 Å². The number of rotatable bonds is 5. The Morgan fingerprint density at radius 2 is 1.65 bits per heavy atom.